The molecule has 2 fully saturated rings. The van der Waals surface area contributed by atoms with Gasteiger partial charge in [0.2, 0.25) is 10.0 Å². The number of carbonyl (C=O) groups is 2. The van der Waals surface area contributed by atoms with E-state index in [2.05, 4.69) is 0 Å². The predicted octanol–water partition coefficient (Wildman–Crippen LogP) is 2.82. The number of aliphatic hydroxyl groups excluding tert-OH is 1. The van der Waals surface area contributed by atoms with Crippen LogP contribution in [-0.2, 0) is 29.1 Å². The standard InChI is InChI=1S/C25H27ClN2O7S/c1-34-13-3-10-28-22(18-4-2-5-19(26)16-18)21(24(30)25(28)31)23(29)17-6-8-20(9-7-17)36(32,33)27-11-14-35-15-12-27/h2,4-9,16,22,29H,3,10-15H2,1H3/b23-21+/t22-/m0/s1. The molecular formula is C25H27ClN2O7S. The fourth-order valence-electron chi connectivity index (χ4n) is 4.39. The van der Waals surface area contributed by atoms with Crippen molar-refractivity contribution in [3.8, 4) is 0 Å². The second-order valence-corrected chi connectivity index (χ2v) is 10.8. The maximum atomic E-state index is 13.1. The van der Waals surface area contributed by atoms with E-state index < -0.39 is 27.8 Å². The summed E-state index contributed by atoms with van der Waals surface area (Å²) in [5.41, 5.74) is 0.716. The second kappa shape index (κ2) is 11.1. The lowest BCUT2D eigenvalue weighted by Gasteiger charge is -2.26. The zero-order chi connectivity index (χ0) is 25.9. The van der Waals surface area contributed by atoms with Crippen LogP contribution in [0.4, 0.5) is 0 Å². The van der Waals surface area contributed by atoms with Gasteiger partial charge in [0.1, 0.15) is 5.76 Å². The number of sulfonamides is 1. The molecule has 0 bridgehead atoms. The highest BCUT2D eigenvalue weighted by atomic mass is 35.5. The molecule has 2 aromatic rings. The number of halogens is 1. The Hall–Kier alpha value is -2.76. The van der Waals surface area contributed by atoms with E-state index in [0.29, 0.717) is 36.8 Å². The van der Waals surface area contributed by atoms with Crippen LogP contribution >= 0.6 is 11.6 Å². The molecule has 2 aromatic carbocycles. The molecule has 0 radical (unpaired) electrons. The summed E-state index contributed by atoms with van der Waals surface area (Å²) < 4.78 is 37.5. The average molecular weight is 535 g/mol. The number of hydrogen-bond donors (Lipinski definition) is 1. The summed E-state index contributed by atoms with van der Waals surface area (Å²) in [6.07, 6.45) is 0.495. The van der Waals surface area contributed by atoms with Gasteiger partial charge >= 0.3 is 0 Å². The van der Waals surface area contributed by atoms with Crippen LogP contribution in [0.1, 0.15) is 23.6 Å². The van der Waals surface area contributed by atoms with Gasteiger partial charge in [-0.1, -0.05) is 23.7 Å². The van der Waals surface area contributed by atoms with Gasteiger partial charge in [-0.15, -0.1) is 0 Å². The summed E-state index contributed by atoms with van der Waals surface area (Å²) in [4.78, 5) is 27.5. The minimum Gasteiger partial charge on any atom is -0.507 e. The summed E-state index contributed by atoms with van der Waals surface area (Å²) in [5.74, 6) is -1.94. The molecule has 36 heavy (non-hydrogen) atoms. The van der Waals surface area contributed by atoms with E-state index in [9.17, 15) is 23.1 Å². The highest BCUT2D eigenvalue weighted by molar-refractivity contribution is 7.89. The Balaban J connectivity index is 1.72. The Morgan fingerprint density at radius 3 is 2.47 bits per heavy atom. The molecule has 2 saturated heterocycles. The highest BCUT2D eigenvalue weighted by Gasteiger charge is 2.45. The van der Waals surface area contributed by atoms with E-state index in [1.807, 2.05) is 0 Å². The first-order valence-corrected chi connectivity index (χ1v) is 13.3. The van der Waals surface area contributed by atoms with Crippen LogP contribution in [0.5, 0.6) is 0 Å². The summed E-state index contributed by atoms with van der Waals surface area (Å²) in [5, 5.41) is 11.6. The lowest BCUT2D eigenvalue weighted by atomic mass is 9.95. The number of ketones is 1. The lowest BCUT2D eigenvalue weighted by Crippen LogP contribution is -2.40. The Bertz CT molecular complexity index is 1270. The number of methoxy groups -OCH3 is 1. The van der Waals surface area contributed by atoms with Gasteiger partial charge in [0.25, 0.3) is 11.7 Å². The number of benzene rings is 2. The second-order valence-electron chi connectivity index (χ2n) is 8.43. The molecule has 2 aliphatic heterocycles. The zero-order valence-electron chi connectivity index (χ0n) is 19.7. The number of amides is 1. The Kier molecular flexibility index (Phi) is 8.11. The molecule has 2 heterocycles. The van der Waals surface area contributed by atoms with Gasteiger partial charge < -0.3 is 19.5 Å². The molecule has 9 nitrogen and oxygen atoms in total. The quantitative estimate of drug-likeness (QED) is 0.240. The summed E-state index contributed by atoms with van der Waals surface area (Å²) >= 11 is 6.18. The minimum atomic E-state index is -3.72. The fourth-order valence-corrected chi connectivity index (χ4v) is 6.00. The van der Waals surface area contributed by atoms with Crippen molar-refractivity contribution in [2.24, 2.45) is 0 Å². The van der Waals surface area contributed by atoms with Crippen molar-refractivity contribution in [3.63, 3.8) is 0 Å². The molecular weight excluding hydrogens is 508 g/mol. The first kappa shape index (κ1) is 26.3. The van der Waals surface area contributed by atoms with Crippen molar-refractivity contribution in [3.05, 3.63) is 70.3 Å². The van der Waals surface area contributed by atoms with Gasteiger partial charge in [-0.25, -0.2) is 8.42 Å². The van der Waals surface area contributed by atoms with Crippen LogP contribution in [0.2, 0.25) is 5.02 Å². The van der Waals surface area contributed by atoms with Crippen molar-refractivity contribution in [2.45, 2.75) is 17.4 Å². The van der Waals surface area contributed by atoms with Gasteiger partial charge in [-0.05, 0) is 48.4 Å². The van der Waals surface area contributed by atoms with Gasteiger partial charge in [-0.3, -0.25) is 9.59 Å². The number of carbonyl (C=O) groups excluding carboxylic acids is 2. The van der Waals surface area contributed by atoms with Crippen molar-refractivity contribution in [1.82, 2.24) is 9.21 Å². The fraction of sp³-hybridized carbons (Fsp3) is 0.360. The third-order valence-electron chi connectivity index (χ3n) is 6.19. The molecule has 2 aliphatic rings. The lowest BCUT2D eigenvalue weighted by molar-refractivity contribution is -0.140. The first-order valence-electron chi connectivity index (χ1n) is 11.5. The van der Waals surface area contributed by atoms with E-state index in [0.717, 1.165) is 0 Å². The molecule has 4 rings (SSSR count). The van der Waals surface area contributed by atoms with Crippen LogP contribution < -0.4 is 0 Å². The summed E-state index contributed by atoms with van der Waals surface area (Å²) in [7, 11) is -2.18. The van der Waals surface area contributed by atoms with Crippen molar-refractivity contribution in [2.75, 3.05) is 46.6 Å². The number of ether oxygens (including phenoxy) is 2. The Morgan fingerprint density at radius 1 is 1.14 bits per heavy atom. The number of rotatable bonds is 8. The normalized spacial score (nSPS) is 20.7. The highest BCUT2D eigenvalue weighted by Crippen LogP contribution is 2.40. The monoisotopic (exact) mass is 534 g/mol. The van der Waals surface area contributed by atoms with Gasteiger partial charge in [0, 0.05) is 43.9 Å². The minimum absolute atomic E-state index is 0.0624. The Labute approximate surface area is 214 Å². The van der Waals surface area contributed by atoms with E-state index in [4.69, 9.17) is 21.1 Å². The van der Waals surface area contributed by atoms with Crippen molar-refractivity contribution >= 4 is 39.1 Å². The molecule has 11 heteroatoms. The molecule has 0 aromatic heterocycles. The average Bonchev–Trinajstić information content (AvgIpc) is 3.14. The van der Waals surface area contributed by atoms with Crippen LogP contribution in [0.15, 0.2) is 59.0 Å². The number of Topliss-reactive ketones (excluding diaryl/α,β-unsaturated/α-hetero) is 1. The summed E-state index contributed by atoms with van der Waals surface area (Å²) in [6.45, 7) is 1.80. The molecule has 192 valence electrons. The molecule has 0 unspecified atom stereocenters. The zero-order valence-corrected chi connectivity index (χ0v) is 21.3. The third kappa shape index (κ3) is 5.18. The first-order chi connectivity index (χ1) is 17.3. The van der Waals surface area contributed by atoms with Crippen molar-refractivity contribution in [1.29, 1.82) is 0 Å². The van der Waals surface area contributed by atoms with Gasteiger partial charge in [0.05, 0.1) is 29.7 Å². The van der Waals surface area contributed by atoms with E-state index in [-0.39, 0.29) is 41.4 Å². The topological polar surface area (TPSA) is 113 Å². The van der Waals surface area contributed by atoms with Crippen LogP contribution in [0.25, 0.3) is 5.76 Å². The van der Waals surface area contributed by atoms with E-state index >= 15 is 0 Å². The molecule has 0 spiro atoms. The molecule has 0 aliphatic carbocycles. The predicted molar refractivity (Wildman–Crippen MR) is 133 cm³/mol. The number of nitrogens with zero attached hydrogens (tertiary/aromatic N) is 2. The van der Waals surface area contributed by atoms with Gasteiger partial charge in [0.15, 0.2) is 0 Å². The molecule has 1 N–H and O–H groups in total. The van der Waals surface area contributed by atoms with Crippen LogP contribution in [-0.4, -0.2) is 81.0 Å². The maximum absolute atomic E-state index is 13.1. The number of hydrogen-bond acceptors (Lipinski definition) is 7. The molecule has 0 saturated carbocycles. The maximum Gasteiger partial charge on any atom is 0.295 e. The number of likely N-dealkylation sites (tertiary alicyclic amines) is 1. The third-order valence-corrected chi connectivity index (χ3v) is 8.34. The van der Waals surface area contributed by atoms with Crippen molar-refractivity contribution < 1.29 is 32.6 Å². The SMILES string of the molecule is COCCCN1C(=O)C(=O)/C(=C(/O)c2ccc(S(=O)(=O)N3CCOCC3)cc2)[C@@H]1c1cccc(Cl)c1. The van der Waals surface area contributed by atoms with Crippen LogP contribution in [0.3, 0.4) is 0 Å². The Morgan fingerprint density at radius 2 is 1.83 bits per heavy atom. The molecule has 1 atom stereocenters. The number of aliphatic hydroxyl groups is 1. The van der Waals surface area contributed by atoms with Crippen LogP contribution in [0, 0.1) is 0 Å². The smallest absolute Gasteiger partial charge is 0.295 e. The largest absolute Gasteiger partial charge is 0.507 e. The summed E-state index contributed by atoms with van der Waals surface area (Å²) in [6, 6.07) is 11.5. The number of morpholine rings is 1. The van der Waals surface area contributed by atoms with E-state index in [1.165, 1.54) is 33.5 Å². The van der Waals surface area contributed by atoms with E-state index in [1.54, 1.807) is 31.4 Å². The van der Waals surface area contributed by atoms with Gasteiger partial charge in [-0.2, -0.15) is 4.31 Å². The molecule has 1 amide bonds.